The summed E-state index contributed by atoms with van der Waals surface area (Å²) in [6.45, 7) is 8.14. The predicted octanol–water partition coefficient (Wildman–Crippen LogP) is 3.27. The highest BCUT2D eigenvalue weighted by atomic mass is 16.5. The minimum Gasteiger partial charge on any atom is -0.379 e. The number of nitrogens with zero attached hydrogens (tertiary/aromatic N) is 1. The fraction of sp³-hybridized carbons (Fsp3) is 0.944. The van der Waals surface area contributed by atoms with Crippen LogP contribution in [0.4, 0.5) is 0 Å². The molecule has 21 heavy (non-hydrogen) atoms. The molecule has 3 fully saturated rings. The zero-order valence-corrected chi connectivity index (χ0v) is 13.8. The van der Waals surface area contributed by atoms with E-state index in [2.05, 4.69) is 18.7 Å². The Morgan fingerprint density at radius 2 is 1.57 bits per heavy atom. The van der Waals surface area contributed by atoms with Gasteiger partial charge < -0.3 is 4.74 Å². The number of rotatable bonds is 3. The molecule has 0 spiro atoms. The third-order valence-corrected chi connectivity index (χ3v) is 6.06. The largest absolute Gasteiger partial charge is 0.379 e. The van der Waals surface area contributed by atoms with E-state index in [1.165, 1.54) is 19.3 Å². The van der Waals surface area contributed by atoms with E-state index in [1.807, 2.05) is 0 Å². The molecule has 3 nitrogen and oxygen atoms in total. The van der Waals surface area contributed by atoms with Crippen LogP contribution in [-0.2, 0) is 9.53 Å². The maximum atomic E-state index is 13.4. The van der Waals surface area contributed by atoms with Crippen LogP contribution in [0.3, 0.4) is 0 Å². The number of ketones is 1. The Labute approximate surface area is 129 Å². The average molecular weight is 293 g/mol. The lowest BCUT2D eigenvalue weighted by Crippen LogP contribution is -2.58. The van der Waals surface area contributed by atoms with E-state index in [0.29, 0.717) is 23.5 Å². The van der Waals surface area contributed by atoms with Gasteiger partial charge in [-0.1, -0.05) is 26.7 Å². The van der Waals surface area contributed by atoms with E-state index in [-0.39, 0.29) is 5.54 Å². The Morgan fingerprint density at radius 1 is 1.00 bits per heavy atom. The van der Waals surface area contributed by atoms with Gasteiger partial charge in [0.15, 0.2) is 5.78 Å². The summed E-state index contributed by atoms with van der Waals surface area (Å²) in [5.74, 6) is 2.32. The average Bonchev–Trinajstić information content (AvgIpc) is 2.97. The van der Waals surface area contributed by atoms with E-state index in [9.17, 15) is 4.79 Å². The second-order valence-corrected chi connectivity index (χ2v) is 7.82. The third kappa shape index (κ3) is 3.05. The van der Waals surface area contributed by atoms with Crippen LogP contribution in [-0.4, -0.2) is 42.5 Å². The number of carbonyl (C=O) groups is 1. The van der Waals surface area contributed by atoms with Crippen molar-refractivity contribution >= 4 is 5.78 Å². The first-order valence-electron chi connectivity index (χ1n) is 8.99. The molecule has 1 heterocycles. The van der Waals surface area contributed by atoms with Crippen LogP contribution in [0, 0.1) is 17.8 Å². The first-order chi connectivity index (χ1) is 10.1. The number of hydrogen-bond acceptors (Lipinski definition) is 3. The summed E-state index contributed by atoms with van der Waals surface area (Å²) in [7, 11) is 0. The SMILES string of the molecule is CC1CC(C)CC(C(=O)C2(N3CCOCC3)CCCC2)C1. The van der Waals surface area contributed by atoms with Crippen molar-refractivity contribution in [2.75, 3.05) is 26.3 Å². The van der Waals surface area contributed by atoms with E-state index >= 15 is 0 Å². The molecular formula is C18H31NO2. The first kappa shape index (κ1) is 15.5. The van der Waals surface area contributed by atoms with Crippen LogP contribution in [0.15, 0.2) is 0 Å². The zero-order valence-electron chi connectivity index (χ0n) is 13.8. The van der Waals surface area contributed by atoms with Crippen LogP contribution in [0.2, 0.25) is 0 Å². The smallest absolute Gasteiger partial charge is 0.156 e. The fourth-order valence-electron chi connectivity index (χ4n) is 5.21. The molecule has 0 bridgehead atoms. The van der Waals surface area contributed by atoms with E-state index in [1.54, 1.807) is 0 Å². The predicted molar refractivity (Wildman–Crippen MR) is 84.3 cm³/mol. The molecule has 1 aliphatic heterocycles. The van der Waals surface area contributed by atoms with Gasteiger partial charge in [0, 0.05) is 19.0 Å². The molecule has 2 unspecified atom stereocenters. The number of morpholine rings is 1. The van der Waals surface area contributed by atoms with E-state index in [4.69, 9.17) is 4.74 Å². The minimum absolute atomic E-state index is 0.134. The van der Waals surface area contributed by atoms with Crippen molar-refractivity contribution in [1.82, 2.24) is 4.90 Å². The molecule has 0 aromatic heterocycles. The maximum Gasteiger partial charge on any atom is 0.156 e. The van der Waals surface area contributed by atoms with Gasteiger partial charge in [0.25, 0.3) is 0 Å². The van der Waals surface area contributed by atoms with Gasteiger partial charge in [-0.3, -0.25) is 9.69 Å². The fourth-order valence-corrected chi connectivity index (χ4v) is 5.21. The number of carbonyl (C=O) groups excluding carboxylic acids is 1. The van der Waals surface area contributed by atoms with Gasteiger partial charge in [-0.2, -0.15) is 0 Å². The molecule has 3 rings (SSSR count). The molecule has 0 radical (unpaired) electrons. The highest BCUT2D eigenvalue weighted by Crippen LogP contribution is 2.43. The molecule has 0 aromatic rings. The molecule has 2 aliphatic carbocycles. The van der Waals surface area contributed by atoms with Crippen molar-refractivity contribution in [2.24, 2.45) is 17.8 Å². The van der Waals surface area contributed by atoms with Crippen molar-refractivity contribution in [2.45, 2.75) is 64.3 Å². The lowest BCUT2D eigenvalue weighted by Gasteiger charge is -2.45. The monoisotopic (exact) mass is 293 g/mol. The minimum atomic E-state index is -0.134. The van der Waals surface area contributed by atoms with Gasteiger partial charge in [0.05, 0.1) is 18.8 Å². The second kappa shape index (κ2) is 6.37. The first-order valence-corrected chi connectivity index (χ1v) is 8.99. The van der Waals surface area contributed by atoms with Crippen molar-refractivity contribution < 1.29 is 9.53 Å². The molecule has 2 saturated carbocycles. The highest BCUT2D eigenvalue weighted by molar-refractivity contribution is 5.91. The van der Waals surface area contributed by atoms with Crippen LogP contribution in [0.5, 0.6) is 0 Å². The normalized spacial score (nSPS) is 37.5. The molecule has 2 atom stereocenters. The van der Waals surface area contributed by atoms with Gasteiger partial charge in [-0.05, 0) is 43.9 Å². The van der Waals surface area contributed by atoms with E-state index in [0.717, 1.165) is 52.0 Å². The van der Waals surface area contributed by atoms with Crippen molar-refractivity contribution in [3.8, 4) is 0 Å². The number of hydrogen-bond donors (Lipinski definition) is 0. The van der Waals surface area contributed by atoms with Gasteiger partial charge in [-0.15, -0.1) is 0 Å². The summed E-state index contributed by atoms with van der Waals surface area (Å²) in [6, 6.07) is 0. The van der Waals surface area contributed by atoms with Crippen LogP contribution >= 0.6 is 0 Å². The molecule has 1 saturated heterocycles. The molecule has 3 heteroatoms. The Hall–Kier alpha value is -0.410. The second-order valence-electron chi connectivity index (χ2n) is 7.82. The third-order valence-electron chi connectivity index (χ3n) is 6.06. The topological polar surface area (TPSA) is 29.5 Å². The van der Waals surface area contributed by atoms with Crippen molar-refractivity contribution in [1.29, 1.82) is 0 Å². The Balaban J connectivity index is 1.78. The molecular weight excluding hydrogens is 262 g/mol. The van der Waals surface area contributed by atoms with Crippen molar-refractivity contribution in [3.05, 3.63) is 0 Å². The van der Waals surface area contributed by atoms with Crippen LogP contribution in [0.25, 0.3) is 0 Å². The molecule has 0 aromatic carbocycles. The lowest BCUT2D eigenvalue weighted by molar-refractivity contribution is -0.140. The molecule has 3 aliphatic rings. The summed E-state index contributed by atoms with van der Waals surface area (Å²) in [5, 5.41) is 0. The Bertz CT molecular complexity index is 359. The van der Waals surface area contributed by atoms with Gasteiger partial charge >= 0.3 is 0 Å². The summed E-state index contributed by atoms with van der Waals surface area (Å²) in [4.78, 5) is 15.9. The molecule has 120 valence electrons. The Kier molecular flexibility index (Phi) is 4.70. The summed E-state index contributed by atoms with van der Waals surface area (Å²) < 4.78 is 5.51. The maximum absolute atomic E-state index is 13.4. The van der Waals surface area contributed by atoms with Gasteiger partial charge in [-0.25, -0.2) is 0 Å². The zero-order chi connectivity index (χ0) is 14.9. The van der Waals surface area contributed by atoms with Gasteiger partial charge in [0.2, 0.25) is 0 Å². The van der Waals surface area contributed by atoms with E-state index < -0.39 is 0 Å². The number of ether oxygens (including phenoxy) is 1. The number of Topliss-reactive ketones (excluding diaryl/α,β-unsaturated/α-hetero) is 1. The Morgan fingerprint density at radius 3 is 2.14 bits per heavy atom. The summed E-state index contributed by atoms with van der Waals surface area (Å²) in [6.07, 6.45) is 8.16. The highest BCUT2D eigenvalue weighted by Gasteiger charge is 2.49. The standard InChI is InChI=1S/C18H31NO2/c1-14-11-15(2)13-16(12-14)17(20)18(5-3-4-6-18)19-7-9-21-10-8-19/h14-16H,3-13H2,1-2H3. The lowest BCUT2D eigenvalue weighted by atomic mass is 9.70. The van der Waals surface area contributed by atoms with Crippen LogP contribution in [0.1, 0.15) is 58.8 Å². The van der Waals surface area contributed by atoms with Crippen LogP contribution < -0.4 is 0 Å². The summed E-state index contributed by atoms with van der Waals surface area (Å²) in [5.41, 5.74) is -0.134. The quantitative estimate of drug-likeness (QED) is 0.800. The van der Waals surface area contributed by atoms with Crippen molar-refractivity contribution in [3.63, 3.8) is 0 Å². The summed E-state index contributed by atoms with van der Waals surface area (Å²) >= 11 is 0. The molecule has 0 N–H and O–H groups in total. The molecule has 0 amide bonds. The van der Waals surface area contributed by atoms with Gasteiger partial charge in [0.1, 0.15) is 0 Å².